The normalized spacial score (nSPS) is 20.8. The third kappa shape index (κ3) is 2.42. The minimum absolute atomic E-state index is 0.187. The molecule has 0 saturated carbocycles. The molecule has 2 heterocycles. The molecule has 0 spiro atoms. The number of carboxylic acid groups (broad SMARTS) is 1. The van der Waals surface area contributed by atoms with Crippen LogP contribution >= 0.6 is 11.3 Å². The Bertz CT molecular complexity index is 437. The van der Waals surface area contributed by atoms with Crippen molar-refractivity contribution in [2.75, 3.05) is 13.2 Å². The van der Waals surface area contributed by atoms with E-state index in [0.29, 0.717) is 31.0 Å². The molecule has 0 bridgehead atoms. The van der Waals surface area contributed by atoms with Gasteiger partial charge in [-0.25, -0.2) is 9.78 Å². The van der Waals surface area contributed by atoms with Gasteiger partial charge in [0, 0.05) is 12.5 Å². The monoisotopic (exact) mass is 267 g/mol. The van der Waals surface area contributed by atoms with Crippen LogP contribution in [0.5, 0.6) is 0 Å². The molecule has 1 fully saturated rings. The third-order valence-electron chi connectivity index (χ3n) is 2.39. The molecule has 2 rings (SSSR count). The van der Waals surface area contributed by atoms with Gasteiger partial charge in [0.2, 0.25) is 0 Å². The van der Waals surface area contributed by atoms with Crippen LogP contribution in [0.3, 0.4) is 0 Å². The van der Waals surface area contributed by atoms with Gasteiger partial charge in [0.25, 0.3) is 0 Å². The number of ether oxygens (including phenoxy) is 1. The first-order chi connectivity index (χ1) is 7.89. The summed E-state index contributed by atoms with van der Waals surface area (Å²) >= 11 is 0.581. The van der Waals surface area contributed by atoms with E-state index in [9.17, 15) is 18.0 Å². The lowest BCUT2D eigenvalue weighted by atomic mass is 10.1. The molecule has 0 aliphatic carbocycles. The van der Waals surface area contributed by atoms with Gasteiger partial charge in [-0.15, -0.1) is 11.3 Å². The standard InChI is InChI=1S/C9H8F3NO3S/c10-9(11,12)6-5(8(14)15)17-7(13-6)4-1-2-16-3-4/h4H,1-3H2,(H,14,15). The average Bonchev–Trinajstić information content (AvgIpc) is 2.85. The molecule has 1 aliphatic heterocycles. The number of halogens is 3. The number of rotatable bonds is 2. The SMILES string of the molecule is O=C(O)c1sc(C2CCOC2)nc1C(F)(F)F. The fraction of sp³-hybridized carbons (Fsp3) is 0.556. The van der Waals surface area contributed by atoms with Crippen LogP contribution in [0.4, 0.5) is 13.2 Å². The highest BCUT2D eigenvalue weighted by atomic mass is 32.1. The van der Waals surface area contributed by atoms with Crippen LogP contribution in [0.2, 0.25) is 0 Å². The number of carboxylic acids is 1. The predicted molar refractivity (Wildman–Crippen MR) is 52.3 cm³/mol. The second kappa shape index (κ2) is 4.26. The van der Waals surface area contributed by atoms with E-state index in [1.54, 1.807) is 0 Å². The zero-order chi connectivity index (χ0) is 12.6. The zero-order valence-corrected chi connectivity index (χ0v) is 9.27. The Labute approximate surface area is 98.0 Å². The molecule has 1 aromatic heterocycles. The molecule has 1 unspecified atom stereocenters. The summed E-state index contributed by atoms with van der Waals surface area (Å²) in [6.45, 7) is 0.762. The number of hydrogen-bond donors (Lipinski definition) is 1. The van der Waals surface area contributed by atoms with Crippen molar-refractivity contribution in [1.29, 1.82) is 0 Å². The van der Waals surface area contributed by atoms with Gasteiger partial charge >= 0.3 is 12.1 Å². The number of aromatic carboxylic acids is 1. The summed E-state index contributed by atoms with van der Waals surface area (Å²) < 4.78 is 42.7. The van der Waals surface area contributed by atoms with Gasteiger partial charge in [0.05, 0.1) is 11.6 Å². The summed E-state index contributed by atoms with van der Waals surface area (Å²) in [4.78, 5) is 13.4. The van der Waals surface area contributed by atoms with Crippen molar-refractivity contribution in [1.82, 2.24) is 4.98 Å². The molecule has 1 aromatic rings. The third-order valence-corrected chi connectivity index (χ3v) is 3.59. The van der Waals surface area contributed by atoms with E-state index in [-0.39, 0.29) is 10.9 Å². The van der Waals surface area contributed by atoms with E-state index >= 15 is 0 Å². The zero-order valence-electron chi connectivity index (χ0n) is 8.45. The minimum atomic E-state index is -4.73. The molecule has 0 aromatic carbocycles. The average molecular weight is 267 g/mol. The van der Waals surface area contributed by atoms with Crippen LogP contribution in [0.15, 0.2) is 0 Å². The Morgan fingerprint density at radius 2 is 2.24 bits per heavy atom. The van der Waals surface area contributed by atoms with Gasteiger partial charge in [-0.05, 0) is 6.42 Å². The van der Waals surface area contributed by atoms with E-state index in [4.69, 9.17) is 9.84 Å². The van der Waals surface area contributed by atoms with Crippen LogP contribution in [-0.4, -0.2) is 29.3 Å². The first-order valence-corrected chi connectivity index (χ1v) is 5.60. The number of alkyl halides is 3. The van der Waals surface area contributed by atoms with E-state index < -0.39 is 22.7 Å². The highest BCUT2D eigenvalue weighted by molar-refractivity contribution is 7.13. The molecule has 4 nitrogen and oxygen atoms in total. The van der Waals surface area contributed by atoms with Crippen molar-refractivity contribution in [2.45, 2.75) is 18.5 Å². The van der Waals surface area contributed by atoms with Gasteiger partial charge < -0.3 is 9.84 Å². The van der Waals surface area contributed by atoms with Gasteiger partial charge in [0.1, 0.15) is 4.88 Å². The number of nitrogens with zero attached hydrogens (tertiary/aromatic N) is 1. The molecule has 94 valence electrons. The summed E-state index contributed by atoms with van der Waals surface area (Å²) in [7, 11) is 0. The van der Waals surface area contributed by atoms with Gasteiger partial charge in [-0.3, -0.25) is 0 Å². The lowest BCUT2D eigenvalue weighted by molar-refractivity contribution is -0.141. The molecular formula is C9H8F3NO3S. The highest BCUT2D eigenvalue weighted by Gasteiger charge is 2.40. The van der Waals surface area contributed by atoms with Crippen LogP contribution in [-0.2, 0) is 10.9 Å². The summed E-state index contributed by atoms with van der Waals surface area (Å²) in [5.41, 5.74) is -1.31. The Hall–Kier alpha value is -1.15. The largest absolute Gasteiger partial charge is 0.477 e. The minimum Gasteiger partial charge on any atom is -0.477 e. The van der Waals surface area contributed by atoms with Crippen molar-refractivity contribution in [3.63, 3.8) is 0 Å². The molecule has 0 radical (unpaired) electrons. The Kier molecular flexibility index (Phi) is 3.09. The highest BCUT2D eigenvalue weighted by Crippen LogP contribution is 2.38. The number of hydrogen-bond acceptors (Lipinski definition) is 4. The number of thiazole rings is 1. The van der Waals surface area contributed by atoms with Crippen LogP contribution in [0, 0.1) is 0 Å². The quantitative estimate of drug-likeness (QED) is 0.893. The summed E-state index contributed by atoms with van der Waals surface area (Å²) in [6, 6.07) is 0. The summed E-state index contributed by atoms with van der Waals surface area (Å²) in [6.07, 6.45) is -4.16. The molecule has 0 amide bonds. The lowest BCUT2D eigenvalue weighted by Gasteiger charge is -2.03. The first-order valence-electron chi connectivity index (χ1n) is 4.78. The molecule has 1 saturated heterocycles. The molecule has 17 heavy (non-hydrogen) atoms. The van der Waals surface area contributed by atoms with E-state index in [2.05, 4.69) is 4.98 Å². The molecular weight excluding hydrogens is 259 g/mol. The Morgan fingerprint density at radius 1 is 1.53 bits per heavy atom. The van der Waals surface area contributed by atoms with E-state index in [1.165, 1.54) is 0 Å². The number of aromatic nitrogens is 1. The Morgan fingerprint density at radius 3 is 2.65 bits per heavy atom. The van der Waals surface area contributed by atoms with Crippen LogP contribution < -0.4 is 0 Å². The van der Waals surface area contributed by atoms with Gasteiger partial charge in [-0.2, -0.15) is 13.2 Å². The maximum absolute atomic E-state index is 12.6. The molecule has 1 atom stereocenters. The van der Waals surface area contributed by atoms with Crippen molar-refractivity contribution in [3.05, 3.63) is 15.6 Å². The van der Waals surface area contributed by atoms with E-state index in [0.717, 1.165) is 0 Å². The maximum Gasteiger partial charge on any atom is 0.435 e. The Balaban J connectivity index is 2.40. The topological polar surface area (TPSA) is 59.4 Å². The van der Waals surface area contributed by atoms with Crippen molar-refractivity contribution < 1.29 is 27.8 Å². The van der Waals surface area contributed by atoms with Crippen LogP contribution in [0.1, 0.15) is 32.7 Å². The maximum atomic E-state index is 12.6. The summed E-state index contributed by atoms with van der Waals surface area (Å²) in [5.74, 6) is -1.82. The summed E-state index contributed by atoms with van der Waals surface area (Å²) in [5, 5.41) is 8.91. The van der Waals surface area contributed by atoms with Gasteiger partial charge in [-0.1, -0.05) is 0 Å². The fourth-order valence-corrected chi connectivity index (χ4v) is 2.62. The molecule has 1 N–H and O–H groups in total. The van der Waals surface area contributed by atoms with Gasteiger partial charge in [0.15, 0.2) is 5.69 Å². The smallest absolute Gasteiger partial charge is 0.435 e. The molecule has 1 aliphatic rings. The second-order valence-electron chi connectivity index (χ2n) is 3.59. The fourth-order valence-electron chi connectivity index (χ4n) is 1.58. The second-order valence-corrected chi connectivity index (χ2v) is 4.62. The van der Waals surface area contributed by atoms with E-state index in [1.807, 2.05) is 0 Å². The van der Waals surface area contributed by atoms with Crippen molar-refractivity contribution in [3.8, 4) is 0 Å². The number of carbonyl (C=O) groups is 1. The van der Waals surface area contributed by atoms with Crippen molar-refractivity contribution >= 4 is 17.3 Å². The molecule has 8 heteroatoms. The lowest BCUT2D eigenvalue weighted by Crippen LogP contribution is -2.11. The first kappa shape index (κ1) is 12.3. The van der Waals surface area contributed by atoms with Crippen molar-refractivity contribution in [2.24, 2.45) is 0 Å². The predicted octanol–water partition coefficient (Wildman–Crippen LogP) is 2.36. The van der Waals surface area contributed by atoms with Crippen LogP contribution in [0.25, 0.3) is 0 Å².